The van der Waals surface area contributed by atoms with Gasteiger partial charge in [-0.05, 0) is 56.6 Å². The zero-order valence-corrected chi connectivity index (χ0v) is 35.3. The highest BCUT2D eigenvalue weighted by molar-refractivity contribution is 5.74. The molecular weight excluding hydrogens is 813 g/mol. The topological polar surface area (TPSA) is 42.1 Å². The molecule has 12 heteroatoms. The zero-order chi connectivity index (χ0) is 44.6. The Hall–Kier alpha value is -5.95. The van der Waals surface area contributed by atoms with Gasteiger partial charge in [0.2, 0.25) is 0 Å². The molecule has 1 N–H and O–H groups in total. The Morgan fingerprint density at radius 1 is 0.556 bits per heavy atom. The van der Waals surface area contributed by atoms with E-state index in [-0.39, 0.29) is 23.2 Å². The second-order valence-corrected chi connectivity index (χ2v) is 16.2. The van der Waals surface area contributed by atoms with Gasteiger partial charge in [0.05, 0.1) is 17.2 Å². The Balaban J connectivity index is 0.000000191. The van der Waals surface area contributed by atoms with Gasteiger partial charge in [-0.3, -0.25) is 9.80 Å². The molecule has 0 radical (unpaired) electrons. The van der Waals surface area contributed by atoms with Crippen LogP contribution in [-0.2, 0) is 25.4 Å². The third-order valence-corrected chi connectivity index (χ3v) is 11.5. The van der Waals surface area contributed by atoms with Gasteiger partial charge >= 0.3 is 18.4 Å². The van der Waals surface area contributed by atoms with Gasteiger partial charge in [-0.2, -0.15) is 26.3 Å². The van der Waals surface area contributed by atoms with Gasteiger partial charge in [0.25, 0.3) is 0 Å². The Labute approximate surface area is 365 Å². The number of carbonyl (C=O) groups excluding carboxylic acids is 1. The molecule has 0 saturated carbocycles. The van der Waals surface area contributed by atoms with Crippen LogP contribution in [0.25, 0.3) is 22.3 Å². The molecule has 6 nitrogen and oxygen atoms in total. The first-order chi connectivity index (χ1) is 30.2. The molecular formula is C51H51F6N5O. The first-order valence-electron chi connectivity index (χ1n) is 21.0. The minimum absolute atomic E-state index is 0.0128. The lowest BCUT2D eigenvalue weighted by Crippen LogP contribution is -2.52. The van der Waals surface area contributed by atoms with Crippen LogP contribution in [0.3, 0.4) is 0 Å². The molecule has 6 aromatic carbocycles. The summed E-state index contributed by atoms with van der Waals surface area (Å²) < 4.78 is 80.1. The number of benzene rings is 6. The Morgan fingerprint density at radius 3 is 1.48 bits per heavy atom. The van der Waals surface area contributed by atoms with Crippen LogP contribution in [-0.4, -0.2) is 79.0 Å². The van der Waals surface area contributed by atoms with E-state index < -0.39 is 23.5 Å². The molecule has 2 aliphatic heterocycles. The minimum Gasteiger partial charge on any atom is -0.331 e. The number of piperazine rings is 2. The zero-order valence-electron chi connectivity index (χ0n) is 35.3. The summed E-state index contributed by atoms with van der Waals surface area (Å²) in [4.78, 5) is 20.9. The largest absolute Gasteiger partial charge is 0.417 e. The van der Waals surface area contributed by atoms with E-state index in [4.69, 9.17) is 0 Å². The van der Waals surface area contributed by atoms with Crippen LogP contribution in [0.15, 0.2) is 158 Å². The molecule has 0 spiro atoms. The number of carbonyl (C=O) groups is 1. The number of hydrogen-bond acceptors (Lipinski definition) is 4. The molecule has 328 valence electrons. The first kappa shape index (κ1) is 45.1. The highest BCUT2D eigenvalue weighted by atomic mass is 19.4. The molecule has 2 saturated heterocycles. The predicted octanol–water partition coefficient (Wildman–Crippen LogP) is 11.4. The minimum atomic E-state index is -4.40. The number of nitrogens with one attached hydrogen (secondary N) is 1. The van der Waals surface area contributed by atoms with Crippen molar-refractivity contribution in [2.24, 2.45) is 0 Å². The van der Waals surface area contributed by atoms with E-state index in [1.807, 2.05) is 77.7 Å². The van der Waals surface area contributed by atoms with Crippen molar-refractivity contribution < 1.29 is 31.1 Å². The van der Waals surface area contributed by atoms with Gasteiger partial charge in [-0.1, -0.05) is 146 Å². The fourth-order valence-corrected chi connectivity index (χ4v) is 8.35. The normalized spacial score (nSPS) is 17.4. The van der Waals surface area contributed by atoms with E-state index in [2.05, 4.69) is 27.2 Å². The van der Waals surface area contributed by atoms with Crippen LogP contribution in [0.5, 0.6) is 0 Å². The lowest BCUT2D eigenvalue weighted by atomic mass is 9.98. The molecule has 2 heterocycles. The molecule has 2 fully saturated rings. The monoisotopic (exact) mass is 863 g/mol. The van der Waals surface area contributed by atoms with Crippen molar-refractivity contribution >= 4 is 6.03 Å². The van der Waals surface area contributed by atoms with E-state index in [1.54, 1.807) is 55.4 Å². The molecule has 2 unspecified atom stereocenters. The quantitative estimate of drug-likeness (QED) is 0.155. The summed E-state index contributed by atoms with van der Waals surface area (Å²) >= 11 is 0. The standard InChI is InChI=1S/C27H28F3N3O.C24H23F3N2/c1-31(2)26(34)33-17-16-32(19-25(33)22-8-4-3-5-9-22)18-20-12-14-21(15-13-20)23-10-6-7-11-24(23)27(28,29)30;25-24(26,27)22-9-5-4-8-21(22)19-12-10-18(11-13-19)16-29-15-14-28-23(17-29)20-6-2-1-3-7-20/h3-15,25H,16-19H2,1-2H3;1-13,23,28H,14-17H2. The molecule has 63 heavy (non-hydrogen) atoms. The van der Waals surface area contributed by atoms with Crippen molar-refractivity contribution in [1.29, 1.82) is 0 Å². The van der Waals surface area contributed by atoms with Crippen molar-refractivity contribution in [2.75, 3.05) is 53.4 Å². The maximum Gasteiger partial charge on any atom is 0.417 e. The average Bonchev–Trinajstić information content (AvgIpc) is 3.29. The Morgan fingerprint density at radius 2 is 1.00 bits per heavy atom. The summed E-state index contributed by atoms with van der Waals surface area (Å²) in [7, 11) is 3.52. The number of rotatable bonds is 8. The summed E-state index contributed by atoms with van der Waals surface area (Å²) in [6.07, 6.45) is -8.76. The van der Waals surface area contributed by atoms with Crippen LogP contribution < -0.4 is 5.32 Å². The van der Waals surface area contributed by atoms with E-state index >= 15 is 0 Å². The fraction of sp³-hybridized carbons (Fsp3) is 0.275. The molecule has 8 rings (SSSR count). The van der Waals surface area contributed by atoms with Crippen molar-refractivity contribution in [3.8, 4) is 22.3 Å². The maximum atomic E-state index is 13.4. The third kappa shape index (κ3) is 11.6. The number of amides is 2. The van der Waals surface area contributed by atoms with E-state index in [9.17, 15) is 31.1 Å². The highest BCUT2D eigenvalue weighted by Gasteiger charge is 2.35. The molecule has 6 aromatic rings. The van der Waals surface area contributed by atoms with Gasteiger partial charge in [0, 0.05) is 72.5 Å². The summed E-state index contributed by atoms with van der Waals surface area (Å²) in [5.41, 5.74) is 4.79. The summed E-state index contributed by atoms with van der Waals surface area (Å²) in [6, 6.07) is 46.7. The smallest absolute Gasteiger partial charge is 0.331 e. The van der Waals surface area contributed by atoms with E-state index in [1.165, 1.54) is 29.8 Å². The third-order valence-electron chi connectivity index (χ3n) is 11.5. The predicted molar refractivity (Wildman–Crippen MR) is 236 cm³/mol. The number of alkyl halides is 6. The van der Waals surface area contributed by atoms with Gasteiger partial charge in [0.1, 0.15) is 0 Å². The van der Waals surface area contributed by atoms with Crippen LogP contribution in [0.1, 0.15) is 45.5 Å². The van der Waals surface area contributed by atoms with Crippen molar-refractivity contribution in [2.45, 2.75) is 37.5 Å². The van der Waals surface area contributed by atoms with Gasteiger partial charge in [-0.15, -0.1) is 0 Å². The van der Waals surface area contributed by atoms with E-state index in [0.29, 0.717) is 36.8 Å². The van der Waals surface area contributed by atoms with Crippen molar-refractivity contribution in [3.05, 3.63) is 191 Å². The number of urea groups is 1. The van der Waals surface area contributed by atoms with Gasteiger partial charge < -0.3 is 15.1 Å². The summed E-state index contributed by atoms with van der Waals surface area (Å²) in [5, 5.41) is 3.55. The lowest BCUT2D eigenvalue weighted by molar-refractivity contribution is -0.137. The second-order valence-electron chi connectivity index (χ2n) is 16.2. The lowest BCUT2D eigenvalue weighted by Gasteiger charge is -2.42. The van der Waals surface area contributed by atoms with E-state index in [0.717, 1.165) is 61.5 Å². The summed E-state index contributed by atoms with van der Waals surface area (Å²) in [6.45, 7) is 6.22. The Kier molecular flexibility index (Phi) is 14.3. The van der Waals surface area contributed by atoms with Gasteiger partial charge in [0.15, 0.2) is 0 Å². The number of halogens is 6. The molecule has 0 aromatic heterocycles. The SMILES string of the molecule is CN(C)C(=O)N1CCN(Cc2ccc(-c3ccccc3C(F)(F)F)cc2)CC1c1ccccc1.FC(F)(F)c1ccccc1-c1ccc(CN2CCNC(c3ccccc3)C2)cc1. The molecule has 2 aliphatic rings. The van der Waals surface area contributed by atoms with Gasteiger partial charge in [-0.25, -0.2) is 4.79 Å². The fourth-order valence-electron chi connectivity index (χ4n) is 8.35. The van der Waals surface area contributed by atoms with Crippen LogP contribution >= 0.6 is 0 Å². The van der Waals surface area contributed by atoms with Crippen molar-refractivity contribution in [1.82, 2.24) is 24.9 Å². The molecule has 0 bridgehead atoms. The van der Waals surface area contributed by atoms with Crippen LogP contribution in [0.2, 0.25) is 0 Å². The number of nitrogens with zero attached hydrogens (tertiary/aromatic N) is 4. The first-order valence-corrected chi connectivity index (χ1v) is 21.0. The Bertz CT molecular complexity index is 2390. The average molecular weight is 864 g/mol. The molecule has 2 amide bonds. The maximum absolute atomic E-state index is 13.4. The molecule has 2 atom stereocenters. The van der Waals surface area contributed by atoms with Crippen molar-refractivity contribution in [3.63, 3.8) is 0 Å². The second kappa shape index (κ2) is 20.0. The summed E-state index contributed by atoms with van der Waals surface area (Å²) in [5.74, 6) is 0. The number of hydrogen-bond donors (Lipinski definition) is 1. The van der Waals surface area contributed by atoms with Crippen LogP contribution in [0.4, 0.5) is 31.1 Å². The highest BCUT2D eigenvalue weighted by Crippen LogP contribution is 2.38. The van der Waals surface area contributed by atoms with Crippen LogP contribution in [0, 0.1) is 0 Å². The molecule has 0 aliphatic carbocycles.